The maximum atomic E-state index is 10.8. The zero-order valence-electron chi connectivity index (χ0n) is 9.73. The monoisotopic (exact) mass is 296 g/mol. The molecular formula is C13H10Cl2N2O2. The standard InChI is InChI=1S/C13H10Cl2N2O2/c14-10-2-7(3-11(15)5-10)9-1-8(4-12(18)19)13(16)17-6-9/h1-3,5-6H,4H2,(H2,16,17)(H,18,19). The average molecular weight is 297 g/mol. The van der Waals surface area contributed by atoms with Crippen LogP contribution >= 0.6 is 23.2 Å². The highest BCUT2D eigenvalue weighted by Gasteiger charge is 2.09. The highest BCUT2D eigenvalue weighted by Crippen LogP contribution is 2.28. The maximum Gasteiger partial charge on any atom is 0.307 e. The van der Waals surface area contributed by atoms with Crippen molar-refractivity contribution >= 4 is 35.0 Å². The van der Waals surface area contributed by atoms with E-state index >= 15 is 0 Å². The quantitative estimate of drug-likeness (QED) is 0.911. The Morgan fingerprint density at radius 1 is 1.16 bits per heavy atom. The van der Waals surface area contributed by atoms with Crippen LogP contribution in [0.25, 0.3) is 11.1 Å². The first-order valence-electron chi connectivity index (χ1n) is 5.38. The molecule has 0 saturated carbocycles. The van der Waals surface area contributed by atoms with Gasteiger partial charge in [-0.1, -0.05) is 23.2 Å². The zero-order chi connectivity index (χ0) is 14.0. The summed E-state index contributed by atoms with van der Waals surface area (Å²) >= 11 is 11.9. The van der Waals surface area contributed by atoms with Crippen molar-refractivity contribution in [1.82, 2.24) is 4.98 Å². The number of nitrogen functional groups attached to an aromatic ring is 1. The predicted molar refractivity (Wildman–Crippen MR) is 75.4 cm³/mol. The van der Waals surface area contributed by atoms with Gasteiger partial charge in [0, 0.05) is 27.4 Å². The second kappa shape index (κ2) is 5.47. The SMILES string of the molecule is Nc1ncc(-c2cc(Cl)cc(Cl)c2)cc1CC(=O)O. The molecule has 0 radical (unpaired) electrons. The molecule has 0 fully saturated rings. The molecule has 1 aromatic carbocycles. The molecule has 2 rings (SSSR count). The third-order valence-corrected chi connectivity index (χ3v) is 2.98. The van der Waals surface area contributed by atoms with Crippen molar-refractivity contribution < 1.29 is 9.90 Å². The minimum atomic E-state index is -0.963. The number of carboxylic acid groups (broad SMARTS) is 1. The molecule has 0 spiro atoms. The third-order valence-electron chi connectivity index (χ3n) is 2.54. The van der Waals surface area contributed by atoms with Crippen LogP contribution in [0.2, 0.25) is 10.0 Å². The van der Waals surface area contributed by atoms with Crippen LogP contribution in [0, 0.1) is 0 Å². The summed E-state index contributed by atoms with van der Waals surface area (Å²) in [5.41, 5.74) is 7.59. The molecule has 6 heteroatoms. The molecule has 0 unspecified atom stereocenters. The summed E-state index contributed by atoms with van der Waals surface area (Å²) in [6, 6.07) is 6.75. The van der Waals surface area contributed by atoms with Crippen LogP contribution in [-0.4, -0.2) is 16.1 Å². The van der Waals surface area contributed by atoms with Gasteiger partial charge >= 0.3 is 5.97 Å². The summed E-state index contributed by atoms with van der Waals surface area (Å²) in [5, 5.41) is 9.81. The Labute approximate surface area is 119 Å². The van der Waals surface area contributed by atoms with E-state index in [0.717, 1.165) is 11.1 Å². The molecule has 98 valence electrons. The first-order valence-corrected chi connectivity index (χ1v) is 6.14. The van der Waals surface area contributed by atoms with E-state index in [1.807, 2.05) is 0 Å². The number of carbonyl (C=O) groups is 1. The van der Waals surface area contributed by atoms with E-state index in [0.29, 0.717) is 15.6 Å². The van der Waals surface area contributed by atoms with E-state index in [1.54, 1.807) is 30.5 Å². The number of nitrogens with zero attached hydrogens (tertiary/aromatic N) is 1. The first kappa shape index (κ1) is 13.6. The summed E-state index contributed by atoms with van der Waals surface area (Å²) in [6.07, 6.45) is 1.38. The third kappa shape index (κ3) is 3.36. The Balaban J connectivity index is 2.47. The fourth-order valence-corrected chi connectivity index (χ4v) is 2.23. The number of hydrogen-bond acceptors (Lipinski definition) is 3. The van der Waals surface area contributed by atoms with E-state index in [1.165, 1.54) is 0 Å². The first-order chi connectivity index (χ1) is 8.95. The molecule has 4 nitrogen and oxygen atoms in total. The van der Waals surface area contributed by atoms with Crippen LogP contribution in [0.3, 0.4) is 0 Å². The number of benzene rings is 1. The number of aliphatic carboxylic acids is 1. The molecule has 0 aliphatic heterocycles. The van der Waals surface area contributed by atoms with Gasteiger partial charge in [-0.25, -0.2) is 4.98 Å². The average Bonchev–Trinajstić information content (AvgIpc) is 2.30. The van der Waals surface area contributed by atoms with Gasteiger partial charge in [0.25, 0.3) is 0 Å². The second-order valence-corrected chi connectivity index (χ2v) is 4.87. The number of nitrogens with two attached hydrogens (primary N) is 1. The number of pyridine rings is 1. The molecule has 0 atom stereocenters. The number of aromatic nitrogens is 1. The van der Waals surface area contributed by atoms with Gasteiger partial charge in [-0.05, 0) is 29.8 Å². The van der Waals surface area contributed by atoms with Crippen LogP contribution in [0.1, 0.15) is 5.56 Å². The summed E-state index contributed by atoms with van der Waals surface area (Å²) in [7, 11) is 0. The van der Waals surface area contributed by atoms with Gasteiger partial charge in [-0.3, -0.25) is 4.79 Å². The van der Waals surface area contributed by atoms with Crippen LogP contribution in [0.15, 0.2) is 30.5 Å². The minimum absolute atomic E-state index is 0.180. The second-order valence-electron chi connectivity index (χ2n) is 4.00. The Kier molecular flexibility index (Phi) is 3.93. The Morgan fingerprint density at radius 3 is 2.37 bits per heavy atom. The van der Waals surface area contributed by atoms with Crippen molar-refractivity contribution in [3.63, 3.8) is 0 Å². The number of anilines is 1. The van der Waals surface area contributed by atoms with Gasteiger partial charge in [0.2, 0.25) is 0 Å². The van der Waals surface area contributed by atoms with Gasteiger partial charge in [0.1, 0.15) is 5.82 Å². The van der Waals surface area contributed by atoms with E-state index in [2.05, 4.69) is 4.98 Å². The predicted octanol–water partition coefficient (Wildman–Crippen LogP) is 3.26. The van der Waals surface area contributed by atoms with Crippen molar-refractivity contribution in [1.29, 1.82) is 0 Å². The number of halogens is 2. The van der Waals surface area contributed by atoms with Gasteiger partial charge < -0.3 is 10.8 Å². The molecule has 19 heavy (non-hydrogen) atoms. The zero-order valence-corrected chi connectivity index (χ0v) is 11.2. The topological polar surface area (TPSA) is 76.2 Å². The van der Waals surface area contributed by atoms with E-state index < -0.39 is 5.97 Å². The molecule has 0 amide bonds. The van der Waals surface area contributed by atoms with Gasteiger partial charge in [0.05, 0.1) is 6.42 Å². The number of carboxylic acids is 1. The van der Waals surface area contributed by atoms with Crippen molar-refractivity contribution in [3.05, 3.63) is 46.1 Å². The van der Waals surface area contributed by atoms with E-state index in [4.69, 9.17) is 34.0 Å². The summed E-state index contributed by atoms with van der Waals surface area (Å²) in [4.78, 5) is 14.7. The summed E-state index contributed by atoms with van der Waals surface area (Å²) in [6.45, 7) is 0. The molecule has 1 heterocycles. The molecule has 3 N–H and O–H groups in total. The van der Waals surface area contributed by atoms with Crippen LogP contribution < -0.4 is 5.73 Å². The normalized spacial score (nSPS) is 10.4. The largest absolute Gasteiger partial charge is 0.481 e. The Bertz CT molecular complexity index is 624. The van der Waals surface area contributed by atoms with Crippen LogP contribution in [-0.2, 0) is 11.2 Å². The highest BCUT2D eigenvalue weighted by molar-refractivity contribution is 6.35. The lowest BCUT2D eigenvalue weighted by Gasteiger charge is -2.07. The Morgan fingerprint density at radius 2 is 1.79 bits per heavy atom. The smallest absolute Gasteiger partial charge is 0.307 e. The molecule has 0 bridgehead atoms. The molecule has 0 saturated heterocycles. The van der Waals surface area contributed by atoms with Crippen molar-refractivity contribution in [2.45, 2.75) is 6.42 Å². The van der Waals surface area contributed by atoms with Crippen LogP contribution in [0.5, 0.6) is 0 Å². The van der Waals surface area contributed by atoms with Gasteiger partial charge in [-0.15, -0.1) is 0 Å². The lowest BCUT2D eigenvalue weighted by atomic mass is 10.0. The summed E-state index contributed by atoms with van der Waals surface area (Å²) in [5.74, 6) is -0.756. The van der Waals surface area contributed by atoms with Crippen molar-refractivity contribution in [2.75, 3.05) is 5.73 Å². The van der Waals surface area contributed by atoms with Crippen molar-refractivity contribution in [2.24, 2.45) is 0 Å². The molecule has 0 aliphatic carbocycles. The maximum absolute atomic E-state index is 10.8. The molecule has 1 aromatic heterocycles. The fraction of sp³-hybridized carbons (Fsp3) is 0.0769. The lowest BCUT2D eigenvalue weighted by Crippen LogP contribution is -2.05. The summed E-state index contributed by atoms with van der Waals surface area (Å²) < 4.78 is 0. The van der Waals surface area contributed by atoms with Crippen molar-refractivity contribution in [3.8, 4) is 11.1 Å². The fourth-order valence-electron chi connectivity index (χ4n) is 1.70. The van der Waals surface area contributed by atoms with Crippen LogP contribution in [0.4, 0.5) is 5.82 Å². The Hall–Kier alpha value is -1.78. The highest BCUT2D eigenvalue weighted by atomic mass is 35.5. The molecular weight excluding hydrogens is 287 g/mol. The van der Waals surface area contributed by atoms with E-state index in [9.17, 15) is 4.79 Å². The lowest BCUT2D eigenvalue weighted by molar-refractivity contribution is -0.136. The molecule has 2 aromatic rings. The molecule has 0 aliphatic rings. The van der Waals surface area contributed by atoms with E-state index in [-0.39, 0.29) is 12.2 Å². The van der Waals surface area contributed by atoms with Gasteiger partial charge in [-0.2, -0.15) is 0 Å². The number of hydrogen-bond donors (Lipinski definition) is 2. The minimum Gasteiger partial charge on any atom is -0.481 e. The number of rotatable bonds is 3. The van der Waals surface area contributed by atoms with Gasteiger partial charge in [0.15, 0.2) is 0 Å².